The maximum absolute atomic E-state index is 6.17. The van der Waals surface area contributed by atoms with Crippen molar-refractivity contribution in [3.8, 4) is 11.1 Å². The molecule has 2 aromatic heterocycles. The number of fused-ring (bicyclic) bond motifs is 1. The first kappa shape index (κ1) is 16.0. The Hall–Kier alpha value is -1.91. The number of rotatable bonds is 4. The van der Waals surface area contributed by atoms with Crippen LogP contribution in [0.25, 0.3) is 21.2 Å². The molecule has 0 amide bonds. The highest BCUT2D eigenvalue weighted by Crippen LogP contribution is 2.40. The molecule has 0 bridgehead atoms. The van der Waals surface area contributed by atoms with Crippen molar-refractivity contribution in [2.75, 3.05) is 19.8 Å². The summed E-state index contributed by atoms with van der Waals surface area (Å²) in [5, 5.41) is 3.35. The lowest BCUT2D eigenvalue weighted by molar-refractivity contribution is 0.402. The number of anilines is 1. The van der Waals surface area contributed by atoms with Crippen molar-refractivity contribution in [2.45, 2.75) is 26.3 Å². The van der Waals surface area contributed by atoms with Crippen LogP contribution in [-0.4, -0.2) is 24.0 Å². The van der Waals surface area contributed by atoms with E-state index in [9.17, 15) is 0 Å². The van der Waals surface area contributed by atoms with E-state index in [1.807, 2.05) is 6.20 Å². The van der Waals surface area contributed by atoms with Crippen molar-refractivity contribution in [2.24, 2.45) is 0 Å². The molecule has 0 saturated carbocycles. The first-order valence-corrected chi connectivity index (χ1v) is 8.75. The molecule has 0 saturated heterocycles. The fraction of sp³-hybridized carbons (Fsp3) is 0.316. The minimum absolute atomic E-state index is 0.447. The van der Waals surface area contributed by atoms with Crippen LogP contribution in [0, 0.1) is 0 Å². The van der Waals surface area contributed by atoms with E-state index in [2.05, 4.69) is 67.5 Å². The summed E-state index contributed by atoms with van der Waals surface area (Å²) < 4.78 is 1.24. The lowest BCUT2D eigenvalue weighted by Gasteiger charge is -2.12. The molecule has 0 fully saturated rings. The van der Waals surface area contributed by atoms with Gasteiger partial charge >= 0.3 is 0 Å². The van der Waals surface area contributed by atoms with E-state index in [1.165, 1.54) is 27.0 Å². The van der Waals surface area contributed by atoms with Gasteiger partial charge in [-0.05, 0) is 48.2 Å². The van der Waals surface area contributed by atoms with Crippen molar-refractivity contribution >= 4 is 27.2 Å². The van der Waals surface area contributed by atoms with Crippen LogP contribution in [0.5, 0.6) is 0 Å². The van der Waals surface area contributed by atoms with Gasteiger partial charge in [-0.15, -0.1) is 11.3 Å². The Morgan fingerprint density at radius 1 is 1.26 bits per heavy atom. The first-order valence-electron chi connectivity index (χ1n) is 7.87. The average Bonchev–Trinajstić information content (AvgIpc) is 2.93. The van der Waals surface area contributed by atoms with Crippen LogP contribution in [0.2, 0.25) is 0 Å². The predicted molar refractivity (Wildman–Crippen MR) is 101 cm³/mol. The summed E-state index contributed by atoms with van der Waals surface area (Å²) in [5.41, 5.74) is 11.1. The fourth-order valence-electron chi connectivity index (χ4n) is 2.92. The molecule has 0 atom stereocenters. The zero-order valence-corrected chi connectivity index (χ0v) is 14.9. The van der Waals surface area contributed by atoms with Crippen LogP contribution in [-0.2, 0) is 6.54 Å². The van der Waals surface area contributed by atoms with E-state index >= 15 is 0 Å². The van der Waals surface area contributed by atoms with Gasteiger partial charge in [0.25, 0.3) is 0 Å². The van der Waals surface area contributed by atoms with Crippen LogP contribution in [0.3, 0.4) is 0 Å². The topological polar surface area (TPSA) is 42.2 Å². The number of nitrogen functional groups attached to an aromatic ring is 1. The number of aromatic nitrogens is 1. The molecule has 4 heteroatoms. The molecule has 3 rings (SSSR count). The third-order valence-corrected chi connectivity index (χ3v) is 5.04. The summed E-state index contributed by atoms with van der Waals surface area (Å²) in [4.78, 5) is 6.64. The van der Waals surface area contributed by atoms with Crippen molar-refractivity contribution in [3.63, 3.8) is 0 Å². The summed E-state index contributed by atoms with van der Waals surface area (Å²) >= 11 is 1.77. The second-order valence-corrected chi connectivity index (χ2v) is 7.42. The zero-order valence-electron chi connectivity index (χ0n) is 14.1. The molecule has 0 spiro atoms. The Morgan fingerprint density at radius 3 is 2.74 bits per heavy atom. The van der Waals surface area contributed by atoms with Gasteiger partial charge in [0.05, 0.1) is 0 Å². The second-order valence-electron chi connectivity index (χ2n) is 6.55. The van der Waals surface area contributed by atoms with Crippen LogP contribution >= 0.6 is 11.3 Å². The van der Waals surface area contributed by atoms with Gasteiger partial charge in [0.1, 0.15) is 5.82 Å². The van der Waals surface area contributed by atoms with Gasteiger partial charge in [-0.3, -0.25) is 0 Å². The maximum atomic E-state index is 6.17. The number of hydrogen-bond acceptors (Lipinski definition) is 4. The first-order chi connectivity index (χ1) is 11.0. The molecule has 0 aliphatic heterocycles. The Bertz CT molecular complexity index is 834. The van der Waals surface area contributed by atoms with Crippen molar-refractivity contribution in [1.82, 2.24) is 9.88 Å². The van der Waals surface area contributed by atoms with E-state index in [0.29, 0.717) is 11.7 Å². The summed E-state index contributed by atoms with van der Waals surface area (Å²) in [5.74, 6) is 1.08. The largest absolute Gasteiger partial charge is 0.383 e. The van der Waals surface area contributed by atoms with Gasteiger partial charge < -0.3 is 10.6 Å². The van der Waals surface area contributed by atoms with Crippen LogP contribution in [0.1, 0.15) is 30.9 Å². The fourth-order valence-corrected chi connectivity index (χ4v) is 4.20. The predicted octanol–water partition coefficient (Wildman–Crippen LogP) is 4.73. The van der Waals surface area contributed by atoms with Crippen LogP contribution in [0.4, 0.5) is 5.82 Å². The van der Waals surface area contributed by atoms with Gasteiger partial charge in [-0.2, -0.15) is 0 Å². The molecule has 0 aliphatic carbocycles. The second kappa shape index (κ2) is 6.30. The molecule has 3 aromatic rings. The SMILES string of the molecule is CC(C)c1csc2c(-c3cccc(CN(C)C)c3)cnc(N)c12. The molecule has 2 heterocycles. The van der Waals surface area contributed by atoms with Crippen LogP contribution < -0.4 is 5.73 Å². The quantitative estimate of drug-likeness (QED) is 0.754. The molecule has 0 radical (unpaired) electrons. The number of benzene rings is 1. The number of nitrogens with zero attached hydrogens (tertiary/aromatic N) is 2. The Morgan fingerprint density at radius 2 is 2.04 bits per heavy atom. The zero-order chi connectivity index (χ0) is 16.6. The summed E-state index contributed by atoms with van der Waals surface area (Å²) in [7, 11) is 4.17. The molecule has 120 valence electrons. The van der Waals surface area contributed by atoms with E-state index in [1.54, 1.807) is 11.3 Å². The Labute approximate surface area is 141 Å². The third kappa shape index (κ3) is 3.09. The van der Waals surface area contributed by atoms with Gasteiger partial charge in [0.2, 0.25) is 0 Å². The smallest absolute Gasteiger partial charge is 0.132 e. The molecule has 0 aliphatic rings. The molecular formula is C19H23N3S. The van der Waals surface area contributed by atoms with E-state index in [0.717, 1.165) is 11.9 Å². The number of thiophene rings is 1. The van der Waals surface area contributed by atoms with E-state index in [4.69, 9.17) is 5.73 Å². The monoisotopic (exact) mass is 325 g/mol. The lowest BCUT2D eigenvalue weighted by Crippen LogP contribution is -2.10. The lowest BCUT2D eigenvalue weighted by atomic mass is 9.99. The van der Waals surface area contributed by atoms with Crippen molar-refractivity contribution < 1.29 is 0 Å². The van der Waals surface area contributed by atoms with Crippen molar-refractivity contribution in [3.05, 3.63) is 47.0 Å². The summed E-state index contributed by atoms with van der Waals surface area (Å²) in [6.07, 6.45) is 1.91. The minimum Gasteiger partial charge on any atom is -0.383 e. The van der Waals surface area contributed by atoms with Crippen LogP contribution in [0.15, 0.2) is 35.8 Å². The number of hydrogen-bond donors (Lipinski definition) is 1. The highest BCUT2D eigenvalue weighted by atomic mass is 32.1. The molecule has 23 heavy (non-hydrogen) atoms. The molecule has 1 aromatic carbocycles. The van der Waals surface area contributed by atoms with E-state index < -0.39 is 0 Å². The van der Waals surface area contributed by atoms with Gasteiger partial charge in [-0.25, -0.2) is 4.98 Å². The highest BCUT2D eigenvalue weighted by molar-refractivity contribution is 7.18. The normalized spacial score (nSPS) is 11.7. The average molecular weight is 325 g/mol. The molecule has 0 unspecified atom stereocenters. The molecule has 2 N–H and O–H groups in total. The highest BCUT2D eigenvalue weighted by Gasteiger charge is 2.15. The maximum Gasteiger partial charge on any atom is 0.132 e. The van der Waals surface area contributed by atoms with Gasteiger partial charge in [0.15, 0.2) is 0 Å². The van der Waals surface area contributed by atoms with Gasteiger partial charge in [0, 0.05) is 28.4 Å². The standard InChI is InChI=1S/C19H23N3S/c1-12(2)16-11-23-18-15(9-21-19(20)17(16)18)14-7-5-6-13(8-14)10-22(3)4/h5-9,11-12H,10H2,1-4H3,(H2,20,21). The number of nitrogens with two attached hydrogens (primary N) is 1. The summed E-state index contributed by atoms with van der Waals surface area (Å²) in [6, 6.07) is 8.69. The molecule has 3 nitrogen and oxygen atoms in total. The Balaban J connectivity index is 2.16. The number of pyridine rings is 1. The Kier molecular flexibility index (Phi) is 4.37. The van der Waals surface area contributed by atoms with E-state index in [-0.39, 0.29) is 0 Å². The van der Waals surface area contributed by atoms with Gasteiger partial charge in [-0.1, -0.05) is 32.0 Å². The van der Waals surface area contributed by atoms with Crippen molar-refractivity contribution in [1.29, 1.82) is 0 Å². The third-order valence-electron chi connectivity index (χ3n) is 4.01. The minimum atomic E-state index is 0.447. The summed E-state index contributed by atoms with van der Waals surface area (Å²) in [6.45, 7) is 5.33. The molecular weight excluding hydrogens is 302 g/mol.